The van der Waals surface area contributed by atoms with Gasteiger partial charge in [-0.05, 0) is 37.0 Å². The molecule has 1 saturated heterocycles. The molecule has 0 unspecified atom stereocenters. The lowest BCUT2D eigenvalue weighted by Crippen LogP contribution is -2.44. The smallest absolute Gasteiger partial charge is 0.324 e. The molecule has 0 spiro atoms. The van der Waals surface area contributed by atoms with Crippen LogP contribution < -0.4 is 10.6 Å². The van der Waals surface area contributed by atoms with E-state index in [9.17, 15) is 14.4 Å². The number of aryl methyl sites for hydroxylation is 2. The lowest BCUT2D eigenvalue weighted by Gasteiger charge is -2.25. The van der Waals surface area contributed by atoms with Crippen LogP contribution >= 0.6 is 0 Å². The highest BCUT2D eigenvalue weighted by molar-refractivity contribution is 6.10. The van der Waals surface area contributed by atoms with Crippen molar-refractivity contribution in [3.63, 3.8) is 0 Å². The number of nitrogens with zero attached hydrogens (tertiary/aromatic N) is 1. The highest BCUT2D eigenvalue weighted by Gasteiger charge is 2.51. The molecule has 0 aromatic heterocycles. The number of amides is 4. The number of para-hydroxylation sites is 1. The van der Waals surface area contributed by atoms with E-state index < -0.39 is 23.4 Å². The second-order valence-electron chi connectivity index (χ2n) is 6.76. The number of carbonyl (C=O) groups excluding carboxylic acids is 3. The van der Waals surface area contributed by atoms with Crippen molar-refractivity contribution >= 4 is 23.5 Å². The van der Waals surface area contributed by atoms with Gasteiger partial charge in [-0.3, -0.25) is 14.5 Å². The number of carbonyl (C=O) groups is 3. The van der Waals surface area contributed by atoms with Gasteiger partial charge < -0.3 is 10.6 Å². The number of anilines is 1. The van der Waals surface area contributed by atoms with Crippen molar-refractivity contribution in [2.24, 2.45) is 0 Å². The Bertz CT molecular complexity index is 875. The quantitative estimate of drug-likeness (QED) is 0.799. The number of hydrogen-bond acceptors (Lipinski definition) is 3. The minimum absolute atomic E-state index is 0.326. The molecule has 140 valence electrons. The summed E-state index contributed by atoms with van der Waals surface area (Å²) in [4.78, 5) is 39.0. The molecule has 1 atom stereocenters. The van der Waals surface area contributed by atoms with Gasteiger partial charge in [-0.2, -0.15) is 0 Å². The first-order chi connectivity index (χ1) is 12.9. The van der Waals surface area contributed by atoms with Gasteiger partial charge in [0.05, 0.1) is 0 Å². The number of imide groups is 1. The van der Waals surface area contributed by atoms with Gasteiger partial charge in [0.1, 0.15) is 12.1 Å². The molecular formula is C21H23N3O3. The molecule has 0 aliphatic carbocycles. The molecule has 6 heteroatoms. The average Bonchev–Trinajstić information content (AvgIpc) is 2.90. The zero-order valence-electron chi connectivity index (χ0n) is 15.7. The summed E-state index contributed by atoms with van der Waals surface area (Å²) in [6.45, 7) is 5.31. The number of benzene rings is 2. The van der Waals surface area contributed by atoms with Gasteiger partial charge in [-0.25, -0.2) is 4.79 Å². The standard InChI is InChI=1S/C21H23N3O3/c1-4-21(16-11-6-5-7-12-16)19(26)24(20(27)23-21)13-17(25)22-18-14(2)9-8-10-15(18)3/h5-12H,4,13H2,1-3H3,(H,22,25)(H,23,27)/t21-/m0/s1. The van der Waals surface area contributed by atoms with Crippen molar-refractivity contribution in [3.05, 3.63) is 65.2 Å². The zero-order chi connectivity index (χ0) is 19.6. The topological polar surface area (TPSA) is 78.5 Å². The van der Waals surface area contributed by atoms with E-state index in [4.69, 9.17) is 0 Å². The van der Waals surface area contributed by atoms with Crippen molar-refractivity contribution in [3.8, 4) is 0 Å². The van der Waals surface area contributed by atoms with E-state index in [0.29, 0.717) is 17.7 Å². The Morgan fingerprint density at radius 2 is 1.67 bits per heavy atom. The maximum Gasteiger partial charge on any atom is 0.325 e. The van der Waals surface area contributed by atoms with E-state index in [1.165, 1.54) is 0 Å². The Morgan fingerprint density at radius 3 is 2.26 bits per heavy atom. The number of hydrogen-bond donors (Lipinski definition) is 2. The maximum atomic E-state index is 13.1. The fourth-order valence-electron chi connectivity index (χ4n) is 3.47. The second-order valence-corrected chi connectivity index (χ2v) is 6.76. The fourth-order valence-corrected chi connectivity index (χ4v) is 3.47. The lowest BCUT2D eigenvalue weighted by atomic mass is 9.87. The van der Waals surface area contributed by atoms with Crippen molar-refractivity contribution in [2.75, 3.05) is 11.9 Å². The zero-order valence-corrected chi connectivity index (χ0v) is 15.7. The molecule has 1 heterocycles. The van der Waals surface area contributed by atoms with Gasteiger partial charge in [0.15, 0.2) is 0 Å². The van der Waals surface area contributed by atoms with Crippen LogP contribution in [0.4, 0.5) is 10.5 Å². The molecule has 1 fully saturated rings. The second kappa shape index (κ2) is 7.23. The Balaban J connectivity index is 1.81. The van der Waals surface area contributed by atoms with Crippen molar-refractivity contribution in [1.82, 2.24) is 10.2 Å². The molecule has 1 aliphatic heterocycles. The van der Waals surface area contributed by atoms with Crippen LogP contribution in [0.15, 0.2) is 48.5 Å². The van der Waals surface area contributed by atoms with E-state index in [1.54, 1.807) is 0 Å². The van der Waals surface area contributed by atoms with Gasteiger partial charge in [-0.1, -0.05) is 55.5 Å². The molecule has 0 saturated carbocycles. The first-order valence-electron chi connectivity index (χ1n) is 8.94. The molecular weight excluding hydrogens is 342 g/mol. The highest BCUT2D eigenvalue weighted by Crippen LogP contribution is 2.32. The molecule has 3 rings (SSSR count). The lowest BCUT2D eigenvalue weighted by molar-refractivity contribution is -0.134. The summed E-state index contributed by atoms with van der Waals surface area (Å²) in [6, 6.07) is 14.3. The van der Waals surface area contributed by atoms with Crippen LogP contribution in [0.25, 0.3) is 0 Å². The Labute approximate surface area is 158 Å². The Kier molecular flexibility index (Phi) is 4.99. The van der Waals surface area contributed by atoms with E-state index in [1.807, 2.05) is 69.3 Å². The van der Waals surface area contributed by atoms with Crippen molar-refractivity contribution < 1.29 is 14.4 Å². The van der Waals surface area contributed by atoms with Gasteiger partial charge in [0, 0.05) is 5.69 Å². The normalized spacial score (nSPS) is 19.1. The van der Waals surface area contributed by atoms with Gasteiger partial charge in [-0.15, -0.1) is 0 Å². The van der Waals surface area contributed by atoms with E-state index >= 15 is 0 Å². The SMILES string of the molecule is CC[C@@]1(c2ccccc2)NC(=O)N(CC(=O)Nc2c(C)cccc2C)C1=O. The van der Waals surface area contributed by atoms with Crippen molar-refractivity contribution in [2.45, 2.75) is 32.7 Å². The third-order valence-electron chi connectivity index (χ3n) is 5.02. The predicted molar refractivity (Wildman–Crippen MR) is 103 cm³/mol. The fraction of sp³-hybridized carbons (Fsp3) is 0.286. The highest BCUT2D eigenvalue weighted by atomic mass is 16.2. The van der Waals surface area contributed by atoms with Crippen LogP contribution in [0, 0.1) is 13.8 Å². The number of nitrogens with one attached hydrogen (secondary N) is 2. The molecule has 1 aliphatic rings. The minimum Gasteiger partial charge on any atom is -0.324 e. The van der Waals surface area contributed by atoms with Gasteiger partial charge in [0.2, 0.25) is 5.91 Å². The van der Waals surface area contributed by atoms with Crippen LogP contribution in [0.5, 0.6) is 0 Å². The van der Waals surface area contributed by atoms with E-state index in [2.05, 4.69) is 10.6 Å². The molecule has 0 radical (unpaired) electrons. The monoisotopic (exact) mass is 365 g/mol. The third-order valence-corrected chi connectivity index (χ3v) is 5.02. The maximum absolute atomic E-state index is 13.1. The van der Waals surface area contributed by atoms with Crippen LogP contribution in [0.1, 0.15) is 30.0 Å². The molecule has 2 aromatic carbocycles. The van der Waals surface area contributed by atoms with Crippen LogP contribution in [-0.4, -0.2) is 29.3 Å². The first-order valence-corrected chi connectivity index (χ1v) is 8.94. The van der Waals surface area contributed by atoms with Crippen LogP contribution in [0.2, 0.25) is 0 Å². The molecule has 4 amide bonds. The number of rotatable bonds is 5. The van der Waals surface area contributed by atoms with Crippen molar-refractivity contribution in [1.29, 1.82) is 0 Å². The summed E-state index contributed by atoms with van der Waals surface area (Å²) in [5, 5.41) is 5.60. The van der Waals surface area contributed by atoms with Crippen LogP contribution in [-0.2, 0) is 15.1 Å². The third kappa shape index (κ3) is 3.30. The molecule has 6 nitrogen and oxygen atoms in total. The summed E-state index contributed by atoms with van der Waals surface area (Å²) in [5.74, 6) is -0.811. The van der Waals surface area contributed by atoms with E-state index in [-0.39, 0.29) is 6.54 Å². The summed E-state index contributed by atoms with van der Waals surface area (Å²) in [6.07, 6.45) is 0.399. The Hall–Kier alpha value is -3.15. The molecule has 0 bridgehead atoms. The van der Waals surface area contributed by atoms with Gasteiger partial charge >= 0.3 is 6.03 Å². The number of urea groups is 1. The predicted octanol–water partition coefficient (Wildman–Crippen LogP) is 3.10. The summed E-state index contributed by atoms with van der Waals surface area (Å²) < 4.78 is 0. The van der Waals surface area contributed by atoms with E-state index in [0.717, 1.165) is 16.0 Å². The molecule has 2 N–H and O–H groups in total. The minimum atomic E-state index is -1.13. The summed E-state index contributed by atoms with van der Waals surface area (Å²) >= 11 is 0. The summed E-state index contributed by atoms with van der Waals surface area (Å²) in [7, 11) is 0. The molecule has 27 heavy (non-hydrogen) atoms. The summed E-state index contributed by atoms with van der Waals surface area (Å²) in [5.41, 5.74) is 2.14. The molecule has 2 aromatic rings. The largest absolute Gasteiger partial charge is 0.325 e. The first kappa shape index (κ1) is 18.6. The van der Waals surface area contributed by atoms with Crippen LogP contribution in [0.3, 0.4) is 0 Å². The van der Waals surface area contributed by atoms with Gasteiger partial charge in [0.25, 0.3) is 5.91 Å². The Morgan fingerprint density at radius 1 is 1.04 bits per heavy atom. The average molecular weight is 365 g/mol.